The van der Waals surface area contributed by atoms with Gasteiger partial charge in [0.15, 0.2) is 5.78 Å². The van der Waals surface area contributed by atoms with Gasteiger partial charge in [-0.25, -0.2) is 0 Å². The van der Waals surface area contributed by atoms with Crippen LogP contribution >= 0.6 is 0 Å². The van der Waals surface area contributed by atoms with E-state index in [2.05, 4.69) is 46.0 Å². The zero-order valence-electron chi connectivity index (χ0n) is 22.8. The molecule has 8 rings (SSSR count). The van der Waals surface area contributed by atoms with Gasteiger partial charge >= 0.3 is 0 Å². The number of fused-ring (bicyclic) bond motifs is 4. The number of ketones is 1. The molecule has 4 aliphatic carbocycles. The molecule has 5 bridgehead atoms. The van der Waals surface area contributed by atoms with E-state index >= 15 is 0 Å². The van der Waals surface area contributed by atoms with Crippen molar-refractivity contribution < 1.29 is 19.4 Å². The monoisotopic (exact) mass is 503 g/mol. The molecule has 0 aromatic heterocycles. The van der Waals surface area contributed by atoms with Crippen LogP contribution in [0, 0.1) is 51.8 Å². The van der Waals surface area contributed by atoms with Gasteiger partial charge in [-0.05, 0) is 78.9 Å². The third-order valence-corrected chi connectivity index (χ3v) is 11.8. The Bertz CT molecular complexity index is 1220. The maximum absolute atomic E-state index is 14.8. The highest BCUT2D eigenvalue weighted by Crippen LogP contribution is 2.70. The van der Waals surface area contributed by atoms with E-state index in [1.54, 1.807) is 0 Å². The predicted molar refractivity (Wildman–Crippen MR) is 140 cm³/mol. The molecule has 1 spiro atoms. The van der Waals surface area contributed by atoms with E-state index in [1.807, 2.05) is 24.3 Å². The van der Waals surface area contributed by atoms with Gasteiger partial charge in [0.25, 0.3) is 0 Å². The maximum atomic E-state index is 14.8. The number of aliphatic hydroxyl groups is 1. The predicted octanol–water partition coefficient (Wildman–Crippen LogP) is 5.06. The summed E-state index contributed by atoms with van der Waals surface area (Å²) in [5, 5.41) is 14.5. The number of hydrogen-bond acceptors (Lipinski definition) is 4. The molecule has 198 valence electrons. The second-order valence-electron chi connectivity index (χ2n) is 14.5. The van der Waals surface area contributed by atoms with Crippen molar-refractivity contribution in [2.75, 3.05) is 0 Å². The lowest BCUT2D eigenvalue weighted by Gasteiger charge is -2.54. The zero-order chi connectivity index (χ0) is 26.1. The molecule has 0 radical (unpaired) electrons. The number of benzene rings is 1. The lowest BCUT2D eigenvalue weighted by molar-refractivity contribution is -0.155. The van der Waals surface area contributed by atoms with Crippen LogP contribution in [-0.2, 0) is 16.0 Å². The van der Waals surface area contributed by atoms with Crippen LogP contribution in [0.2, 0.25) is 0 Å². The highest BCUT2D eigenvalue weighted by atomic mass is 16.5. The number of rotatable bonds is 0. The van der Waals surface area contributed by atoms with Crippen LogP contribution in [0.25, 0.3) is 0 Å². The van der Waals surface area contributed by atoms with Crippen LogP contribution < -0.4 is 10.1 Å². The number of carbonyl (C=O) groups is 2. The second-order valence-corrected chi connectivity index (χ2v) is 14.5. The van der Waals surface area contributed by atoms with Crippen molar-refractivity contribution in [1.82, 2.24) is 5.32 Å². The Morgan fingerprint density at radius 2 is 1.78 bits per heavy atom. The Labute approximate surface area is 220 Å². The van der Waals surface area contributed by atoms with E-state index in [4.69, 9.17) is 4.74 Å². The fraction of sp³-hybridized carbons (Fsp3) is 0.688. The number of Topliss-reactive ketones (excluding diaryl/α,β-unsaturated/α-hetero) is 1. The Balaban J connectivity index is 1.47. The summed E-state index contributed by atoms with van der Waals surface area (Å²) in [4.78, 5) is 28.5. The summed E-state index contributed by atoms with van der Waals surface area (Å²) in [7, 11) is 0. The summed E-state index contributed by atoms with van der Waals surface area (Å²) in [6.07, 6.45) is 6.35. The Morgan fingerprint density at radius 1 is 1.05 bits per heavy atom. The van der Waals surface area contributed by atoms with Crippen molar-refractivity contribution >= 4 is 11.7 Å². The van der Waals surface area contributed by atoms with Gasteiger partial charge in [0.05, 0.1) is 0 Å². The number of allylic oxidation sites excluding steroid dienone is 2. The molecule has 2 N–H and O–H groups in total. The van der Waals surface area contributed by atoms with E-state index in [0.717, 1.165) is 24.2 Å². The molecule has 11 unspecified atom stereocenters. The highest BCUT2D eigenvalue weighted by molar-refractivity contribution is 6.10. The SMILES string of the molecule is CC1=CC2(C)CCC34CC(O)(Cc5ccc(cc5)OC5C(C2C3=O)C1C1(C)CC(C)CC(C)C51)NC4=O. The van der Waals surface area contributed by atoms with Crippen LogP contribution in [0.15, 0.2) is 35.9 Å². The first-order valence-corrected chi connectivity index (χ1v) is 14.4. The Hall–Kier alpha value is -2.14. The molecule has 3 aliphatic heterocycles. The molecule has 1 aromatic rings. The van der Waals surface area contributed by atoms with Gasteiger partial charge in [0.2, 0.25) is 5.91 Å². The molecule has 1 saturated heterocycles. The van der Waals surface area contributed by atoms with Gasteiger partial charge in [-0.3, -0.25) is 9.59 Å². The minimum absolute atomic E-state index is 0.0179. The van der Waals surface area contributed by atoms with Crippen molar-refractivity contribution in [3.63, 3.8) is 0 Å². The second kappa shape index (κ2) is 7.28. The number of hydrogen-bond donors (Lipinski definition) is 2. The molecule has 3 saturated carbocycles. The highest BCUT2D eigenvalue weighted by Gasteiger charge is 2.72. The first-order chi connectivity index (χ1) is 17.4. The third-order valence-electron chi connectivity index (χ3n) is 11.8. The Morgan fingerprint density at radius 3 is 2.51 bits per heavy atom. The van der Waals surface area contributed by atoms with E-state index in [1.165, 1.54) is 12.0 Å². The van der Waals surface area contributed by atoms with Crippen LogP contribution in [0.1, 0.15) is 72.3 Å². The molecule has 4 fully saturated rings. The van der Waals surface area contributed by atoms with Crippen molar-refractivity contribution in [1.29, 1.82) is 0 Å². The van der Waals surface area contributed by atoms with Crippen LogP contribution in [0.3, 0.4) is 0 Å². The van der Waals surface area contributed by atoms with E-state index in [9.17, 15) is 14.7 Å². The van der Waals surface area contributed by atoms with Gasteiger partial charge in [-0.1, -0.05) is 51.5 Å². The van der Waals surface area contributed by atoms with Gasteiger partial charge in [0, 0.05) is 30.6 Å². The van der Waals surface area contributed by atoms with Gasteiger partial charge < -0.3 is 15.2 Å². The van der Waals surface area contributed by atoms with Crippen molar-refractivity contribution in [3.8, 4) is 5.75 Å². The summed E-state index contributed by atoms with van der Waals surface area (Å²) < 4.78 is 7.02. The average Bonchev–Trinajstić information content (AvgIpc) is 3.20. The minimum Gasteiger partial charge on any atom is -0.490 e. The summed E-state index contributed by atoms with van der Waals surface area (Å²) >= 11 is 0. The minimum atomic E-state index is -1.41. The quantitative estimate of drug-likeness (QED) is 0.383. The molecular formula is C32H41NO4. The van der Waals surface area contributed by atoms with Gasteiger partial charge in [0.1, 0.15) is 23.0 Å². The van der Waals surface area contributed by atoms with Crippen molar-refractivity contribution in [2.45, 2.75) is 85.0 Å². The fourth-order valence-corrected chi connectivity index (χ4v) is 11.0. The van der Waals surface area contributed by atoms with Crippen LogP contribution in [-0.4, -0.2) is 28.6 Å². The zero-order valence-corrected chi connectivity index (χ0v) is 22.8. The average molecular weight is 504 g/mol. The molecule has 1 amide bonds. The Kier molecular flexibility index (Phi) is 4.71. The summed E-state index contributed by atoms with van der Waals surface area (Å²) in [5.74, 6) is 2.05. The third kappa shape index (κ3) is 3.01. The topological polar surface area (TPSA) is 75.6 Å². The number of amides is 1. The lowest BCUT2D eigenvalue weighted by atomic mass is 9.48. The normalized spacial score (nSPS) is 51.7. The first-order valence-electron chi connectivity index (χ1n) is 14.4. The van der Waals surface area contributed by atoms with Crippen molar-refractivity contribution in [2.24, 2.45) is 51.8 Å². The molecule has 7 aliphatic rings. The molecule has 5 nitrogen and oxygen atoms in total. The van der Waals surface area contributed by atoms with Gasteiger partial charge in [-0.15, -0.1) is 0 Å². The summed E-state index contributed by atoms with van der Waals surface area (Å²) in [5.41, 5.74) is -0.500. The molecular weight excluding hydrogens is 462 g/mol. The largest absolute Gasteiger partial charge is 0.490 e. The molecule has 37 heavy (non-hydrogen) atoms. The summed E-state index contributed by atoms with van der Waals surface area (Å²) in [6, 6.07) is 8.04. The first kappa shape index (κ1) is 23.9. The van der Waals surface area contributed by atoms with Gasteiger partial charge in [-0.2, -0.15) is 0 Å². The molecule has 11 atom stereocenters. The number of ether oxygens (including phenoxy) is 1. The maximum Gasteiger partial charge on any atom is 0.236 e. The fourth-order valence-electron chi connectivity index (χ4n) is 11.0. The molecule has 5 heteroatoms. The molecule has 1 aromatic carbocycles. The van der Waals surface area contributed by atoms with Crippen LogP contribution in [0.5, 0.6) is 5.75 Å². The molecule has 3 heterocycles. The van der Waals surface area contributed by atoms with Crippen LogP contribution in [0.4, 0.5) is 0 Å². The number of carbonyl (C=O) groups excluding carboxylic acids is 2. The van der Waals surface area contributed by atoms with E-state index in [0.29, 0.717) is 30.6 Å². The lowest BCUT2D eigenvalue weighted by Crippen LogP contribution is -2.58. The standard InChI is InChI=1S/C32H41NO4/c1-17-12-18(2)24-26-22-23(30(24,5)13-17)19(3)14-29(4)10-11-31(27(34)25(22)29)16-32(36,33-28(31)35)15-20-6-8-21(37-26)9-7-20/h6-9,14,17-18,22-26,36H,10-13,15-16H2,1-5H3,(H,33,35). The van der Waals surface area contributed by atoms with Crippen molar-refractivity contribution in [3.05, 3.63) is 41.5 Å². The number of nitrogens with one attached hydrogen (secondary N) is 1. The van der Waals surface area contributed by atoms with E-state index in [-0.39, 0.29) is 52.8 Å². The smallest absolute Gasteiger partial charge is 0.236 e. The summed E-state index contributed by atoms with van der Waals surface area (Å²) in [6.45, 7) is 11.7. The van der Waals surface area contributed by atoms with E-state index < -0.39 is 11.1 Å².